The molecule has 1 aliphatic heterocycles. The molecule has 0 aromatic carbocycles. The van der Waals surface area contributed by atoms with Gasteiger partial charge in [0.25, 0.3) is 0 Å². The van der Waals surface area contributed by atoms with Crippen LogP contribution in [-0.2, 0) is 9.53 Å². The largest absolute Gasteiger partial charge is 0.367 e. The lowest BCUT2D eigenvalue weighted by atomic mass is 9.91. The first-order valence-electron chi connectivity index (χ1n) is 4.51. The lowest BCUT2D eigenvalue weighted by Crippen LogP contribution is -2.39. The van der Waals surface area contributed by atoms with Crippen molar-refractivity contribution in [1.29, 1.82) is 0 Å². The fourth-order valence-electron chi connectivity index (χ4n) is 2.17. The highest BCUT2D eigenvalue weighted by molar-refractivity contribution is 5.89. The number of rotatable bonds is 0. The summed E-state index contributed by atoms with van der Waals surface area (Å²) in [5, 5.41) is 0. The van der Waals surface area contributed by atoms with E-state index in [1.807, 2.05) is 0 Å². The maximum atomic E-state index is 11.4. The SMILES string of the molecule is O=C1CCCC12CCCCO2. The summed E-state index contributed by atoms with van der Waals surface area (Å²) < 4.78 is 5.59. The van der Waals surface area contributed by atoms with Gasteiger partial charge in [0.05, 0.1) is 0 Å². The predicted octanol–water partition coefficient (Wildman–Crippen LogP) is 1.68. The van der Waals surface area contributed by atoms with Crippen LogP contribution in [0.1, 0.15) is 38.5 Å². The van der Waals surface area contributed by atoms with Crippen LogP contribution in [0.3, 0.4) is 0 Å². The molecule has 2 rings (SSSR count). The molecular weight excluding hydrogens is 140 g/mol. The summed E-state index contributed by atoms with van der Waals surface area (Å²) in [6, 6.07) is 0. The van der Waals surface area contributed by atoms with Crippen LogP contribution in [0.15, 0.2) is 0 Å². The van der Waals surface area contributed by atoms with Gasteiger partial charge in [0, 0.05) is 13.0 Å². The molecule has 0 bridgehead atoms. The fraction of sp³-hybridized carbons (Fsp3) is 0.889. The number of ketones is 1. The van der Waals surface area contributed by atoms with Gasteiger partial charge >= 0.3 is 0 Å². The standard InChI is InChI=1S/C9H14O2/c10-8-4-3-6-9(8)5-1-2-7-11-9/h1-7H2. The van der Waals surface area contributed by atoms with Gasteiger partial charge in [-0.1, -0.05) is 0 Å². The molecule has 1 atom stereocenters. The molecule has 0 aromatic rings. The third-order valence-corrected chi connectivity index (χ3v) is 2.85. The van der Waals surface area contributed by atoms with Crippen molar-refractivity contribution in [3.63, 3.8) is 0 Å². The quantitative estimate of drug-likeness (QED) is 0.530. The predicted molar refractivity (Wildman–Crippen MR) is 41.4 cm³/mol. The second-order valence-corrected chi connectivity index (χ2v) is 3.58. The van der Waals surface area contributed by atoms with Gasteiger partial charge in [-0.15, -0.1) is 0 Å². The highest BCUT2D eigenvalue weighted by Gasteiger charge is 2.43. The van der Waals surface area contributed by atoms with Crippen molar-refractivity contribution in [2.24, 2.45) is 0 Å². The normalized spacial score (nSPS) is 38.4. The molecular formula is C9H14O2. The lowest BCUT2D eigenvalue weighted by molar-refractivity contribution is -0.145. The van der Waals surface area contributed by atoms with Crippen molar-refractivity contribution in [2.75, 3.05) is 6.61 Å². The first-order valence-corrected chi connectivity index (χ1v) is 4.51. The van der Waals surface area contributed by atoms with Gasteiger partial charge in [-0.2, -0.15) is 0 Å². The Morgan fingerprint density at radius 2 is 2.00 bits per heavy atom. The fourth-order valence-corrected chi connectivity index (χ4v) is 2.17. The molecule has 0 aromatic heterocycles. The Kier molecular flexibility index (Phi) is 1.72. The first-order chi connectivity index (χ1) is 5.33. The summed E-state index contributed by atoms with van der Waals surface area (Å²) >= 11 is 0. The molecule has 2 fully saturated rings. The minimum absolute atomic E-state index is 0.307. The smallest absolute Gasteiger partial charge is 0.164 e. The molecule has 11 heavy (non-hydrogen) atoms. The van der Waals surface area contributed by atoms with Crippen molar-refractivity contribution in [3.05, 3.63) is 0 Å². The molecule has 1 unspecified atom stereocenters. The molecule has 2 aliphatic rings. The van der Waals surface area contributed by atoms with Gasteiger partial charge < -0.3 is 4.74 Å². The monoisotopic (exact) mass is 154 g/mol. The van der Waals surface area contributed by atoms with Crippen LogP contribution < -0.4 is 0 Å². The van der Waals surface area contributed by atoms with Gasteiger partial charge in [-0.3, -0.25) is 4.79 Å². The number of carbonyl (C=O) groups excluding carboxylic acids is 1. The highest BCUT2D eigenvalue weighted by atomic mass is 16.5. The average molecular weight is 154 g/mol. The Labute approximate surface area is 66.9 Å². The number of ether oxygens (including phenoxy) is 1. The zero-order valence-electron chi connectivity index (χ0n) is 6.77. The number of hydrogen-bond acceptors (Lipinski definition) is 2. The van der Waals surface area contributed by atoms with Crippen molar-refractivity contribution < 1.29 is 9.53 Å². The van der Waals surface area contributed by atoms with Crippen molar-refractivity contribution in [3.8, 4) is 0 Å². The number of carbonyl (C=O) groups is 1. The van der Waals surface area contributed by atoms with Crippen molar-refractivity contribution in [2.45, 2.75) is 44.1 Å². The lowest BCUT2D eigenvalue weighted by Gasteiger charge is -2.31. The van der Waals surface area contributed by atoms with E-state index in [1.54, 1.807) is 0 Å². The molecule has 1 aliphatic carbocycles. The van der Waals surface area contributed by atoms with E-state index >= 15 is 0 Å². The molecule has 1 heterocycles. The Bertz CT molecular complexity index is 168. The second-order valence-electron chi connectivity index (χ2n) is 3.58. The molecule has 62 valence electrons. The molecule has 1 saturated heterocycles. The van der Waals surface area contributed by atoms with Crippen LogP contribution in [0.4, 0.5) is 0 Å². The Balaban J connectivity index is 2.12. The average Bonchev–Trinajstić information content (AvgIpc) is 2.36. The van der Waals surface area contributed by atoms with Crippen LogP contribution in [0.2, 0.25) is 0 Å². The second kappa shape index (κ2) is 2.59. The van der Waals surface area contributed by atoms with Gasteiger partial charge in [-0.25, -0.2) is 0 Å². The van der Waals surface area contributed by atoms with E-state index in [0.29, 0.717) is 5.78 Å². The summed E-state index contributed by atoms with van der Waals surface area (Å²) in [7, 11) is 0. The van der Waals surface area contributed by atoms with E-state index in [2.05, 4.69) is 0 Å². The van der Waals surface area contributed by atoms with Gasteiger partial charge in [-0.05, 0) is 32.1 Å². The zero-order valence-corrected chi connectivity index (χ0v) is 6.77. The van der Waals surface area contributed by atoms with E-state index in [-0.39, 0.29) is 5.60 Å². The summed E-state index contributed by atoms with van der Waals surface area (Å²) in [5.74, 6) is 0.359. The summed E-state index contributed by atoms with van der Waals surface area (Å²) in [6.45, 7) is 0.797. The highest BCUT2D eigenvalue weighted by Crippen LogP contribution is 2.37. The maximum Gasteiger partial charge on any atom is 0.164 e. The van der Waals surface area contributed by atoms with E-state index in [4.69, 9.17) is 4.74 Å². The molecule has 2 nitrogen and oxygen atoms in total. The Hall–Kier alpha value is -0.370. The zero-order chi connectivity index (χ0) is 7.73. The molecule has 1 saturated carbocycles. The Morgan fingerprint density at radius 1 is 1.18 bits per heavy atom. The van der Waals surface area contributed by atoms with E-state index in [0.717, 1.165) is 38.7 Å². The Morgan fingerprint density at radius 3 is 2.55 bits per heavy atom. The molecule has 0 radical (unpaired) electrons. The topological polar surface area (TPSA) is 26.3 Å². The van der Waals surface area contributed by atoms with Gasteiger partial charge in [0.2, 0.25) is 0 Å². The third-order valence-electron chi connectivity index (χ3n) is 2.85. The maximum absolute atomic E-state index is 11.4. The van der Waals surface area contributed by atoms with Gasteiger partial charge in [0.1, 0.15) is 5.60 Å². The molecule has 2 heteroatoms. The van der Waals surface area contributed by atoms with E-state index in [1.165, 1.54) is 6.42 Å². The minimum Gasteiger partial charge on any atom is -0.367 e. The van der Waals surface area contributed by atoms with Gasteiger partial charge in [0.15, 0.2) is 5.78 Å². The number of Topliss-reactive ketones (excluding diaryl/α,β-unsaturated/α-hetero) is 1. The van der Waals surface area contributed by atoms with Crippen LogP contribution in [0, 0.1) is 0 Å². The third kappa shape index (κ3) is 1.09. The summed E-state index contributed by atoms with van der Waals surface area (Å²) in [4.78, 5) is 11.4. The minimum atomic E-state index is -0.307. The molecule has 1 spiro atoms. The molecule has 0 N–H and O–H groups in total. The van der Waals surface area contributed by atoms with Crippen LogP contribution >= 0.6 is 0 Å². The van der Waals surface area contributed by atoms with E-state index < -0.39 is 0 Å². The number of hydrogen-bond donors (Lipinski definition) is 0. The summed E-state index contributed by atoms with van der Waals surface area (Å²) in [6.07, 6.45) is 6.05. The van der Waals surface area contributed by atoms with E-state index in [9.17, 15) is 4.79 Å². The summed E-state index contributed by atoms with van der Waals surface area (Å²) in [5.41, 5.74) is -0.307. The first kappa shape index (κ1) is 7.29. The van der Waals surface area contributed by atoms with Crippen LogP contribution in [-0.4, -0.2) is 18.0 Å². The van der Waals surface area contributed by atoms with Crippen LogP contribution in [0.5, 0.6) is 0 Å². The molecule has 0 amide bonds. The van der Waals surface area contributed by atoms with Crippen LogP contribution in [0.25, 0.3) is 0 Å². The van der Waals surface area contributed by atoms with Crippen molar-refractivity contribution >= 4 is 5.78 Å². The van der Waals surface area contributed by atoms with Crippen molar-refractivity contribution in [1.82, 2.24) is 0 Å².